The van der Waals surface area contributed by atoms with Gasteiger partial charge in [-0.3, -0.25) is 0 Å². The maximum atomic E-state index is 11.7. The molecule has 0 fully saturated rings. The summed E-state index contributed by atoms with van der Waals surface area (Å²) < 4.78 is 25.1. The lowest BCUT2D eigenvalue weighted by atomic mass is 10.3. The Kier molecular flexibility index (Phi) is 8.06. The highest BCUT2D eigenvalue weighted by molar-refractivity contribution is 5.81. The smallest absolute Gasteiger partial charge is 0.493 e. The van der Waals surface area contributed by atoms with Crippen molar-refractivity contribution in [1.29, 1.82) is 0 Å². The minimum atomic E-state index is -0.865. The largest absolute Gasteiger partial charge is 0.514 e. The van der Waals surface area contributed by atoms with Gasteiger partial charge in [-0.05, 0) is 25.0 Å². The highest BCUT2D eigenvalue weighted by atomic mass is 16.7. The van der Waals surface area contributed by atoms with Crippen molar-refractivity contribution in [1.82, 2.24) is 0 Å². The molecule has 0 heterocycles. The highest BCUT2D eigenvalue weighted by Crippen LogP contribution is 2.36. The summed E-state index contributed by atoms with van der Waals surface area (Å²) in [7, 11) is 2.91. The molecule has 0 spiro atoms. The summed E-state index contributed by atoms with van der Waals surface area (Å²) in [5.74, 6) is 0.395. The van der Waals surface area contributed by atoms with E-state index >= 15 is 0 Å². The van der Waals surface area contributed by atoms with E-state index in [0.717, 1.165) is 6.08 Å². The predicted molar refractivity (Wildman–Crippen MR) is 81.9 cm³/mol. The summed E-state index contributed by atoms with van der Waals surface area (Å²) in [6.45, 7) is 3.67. The zero-order valence-electron chi connectivity index (χ0n) is 13.2. The molecular formula is C16H20O7. The van der Waals surface area contributed by atoms with Crippen LogP contribution >= 0.6 is 0 Å². The van der Waals surface area contributed by atoms with E-state index in [1.165, 1.54) is 14.2 Å². The first kappa shape index (κ1) is 18.3. The SMILES string of the molecule is C=CC(=O)OCCCCOC(=O)Oc1c(OC)cccc1OC. The van der Waals surface area contributed by atoms with E-state index in [9.17, 15) is 9.59 Å². The number of ether oxygens (including phenoxy) is 5. The third-order valence-corrected chi connectivity index (χ3v) is 2.74. The summed E-state index contributed by atoms with van der Waals surface area (Å²) in [6, 6.07) is 4.98. The Morgan fingerprint density at radius 2 is 1.61 bits per heavy atom. The van der Waals surface area contributed by atoms with E-state index in [1.54, 1.807) is 18.2 Å². The van der Waals surface area contributed by atoms with Crippen LogP contribution in [0.25, 0.3) is 0 Å². The quantitative estimate of drug-likeness (QED) is 0.299. The van der Waals surface area contributed by atoms with E-state index < -0.39 is 12.1 Å². The van der Waals surface area contributed by atoms with Crippen molar-refractivity contribution < 1.29 is 33.3 Å². The van der Waals surface area contributed by atoms with Crippen LogP contribution in [0, 0.1) is 0 Å². The predicted octanol–water partition coefficient (Wildman–Crippen LogP) is 2.73. The van der Waals surface area contributed by atoms with Crippen LogP contribution in [0.4, 0.5) is 4.79 Å². The number of benzene rings is 1. The van der Waals surface area contributed by atoms with Crippen LogP contribution in [0.1, 0.15) is 12.8 Å². The molecule has 126 valence electrons. The molecule has 7 heteroatoms. The molecule has 1 aromatic carbocycles. The number of hydrogen-bond donors (Lipinski definition) is 0. The third kappa shape index (κ3) is 6.29. The Bertz CT molecular complexity index is 517. The van der Waals surface area contributed by atoms with Crippen molar-refractivity contribution in [2.24, 2.45) is 0 Å². The fourth-order valence-corrected chi connectivity index (χ4v) is 1.62. The summed E-state index contributed by atoms with van der Waals surface area (Å²) in [6.07, 6.45) is 1.32. The lowest BCUT2D eigenvalue weighted by molar-refractivity contribution is -0.137. The van der Waals surface area contributed by atoms with Crippen molar-refractivity contribution in [3.8, 4) is 17.2 Å². The minimum absolute atomic E-state index is 0.141. The van der Waals surface area contributed by atoms with Crippen molar-refractivity contribution >= 4 is 12.1 Å². The average Bonchev–Trinajstić information content (AvgIpc) is 2.57. The summed E-state index contributed by atoms with van der Waals surface area (Å²) in [4.78, 5) is 22.5. The van der Waals surface area contributed by atoms with Crippen molar-refractivity contribution in [2.75, 3.05) is 27.4 Å². The molecule has 0 atom stereocenters. The maximum absolute atomic E-state index is 11.7. The molecule has 0 aromatic heterocycles. The van der Waals surface area contributed by atoms with E-state index in [-0.39, 0.29) is 19.0 Å². The first-order valence-corrected chi connectivity index (χ1v) is 6.97. The molecule has 0 saturated heterocycles. The lowest BCUT2D eigenvalue weighted by Gasteiger charge is -2.12. The fourth-order valence-electron chi connectivity index (χ4n) is 1.62. The van der Waals surface area contributed by atoms with Gasteiger partial charge < -0.3 is 23.7 Å². The van der Waals surface area contributed by atoms with Crippen LogP contribution in [0.2, 0.25) is 0 Å². The number of methoxy groups -OCH3 is 2. The fraction of sp³-hybridized carbons (Fsp3) is 0.375. The molecule has 0 aliphatic heterocycles. The van der Waals surface area contributed by atoms with Crippen LogP contribution in [-0.2, 0) is 14.3 Å². The van der Waals surface area contributed by atoms with E-state index in [4.69, 9.17) is 23.7 Å². The second-order valence-electron chi connectivity index (χ2n) is 4.27. The molecule has 0 aliphatic rings. The Morgan fingerprint density at radius 3 is 2.13 bits per heavy atom. The van der Waals surface area contributed by atoms with Gasteiger partial charge in [0.25, 0.3) is 0 Å². The molecule has 23 heavy (non-hydrogen) atoms. The molecule has 7 nitrogen and oxygen atoms in total. The van der Waals surface area contributed by atoms with Gasteiger partial charge in [0.05, 0.1) is 27.4 Å². The molecule has 0 radical (unpaired) electrons. The minimum Gasteiger partial charge on any atom is -0.493 e. The number of para-hydroxylation sites is 1. The van der Waals surface area contributed by atoms with Crippen LogP contribution in [-0.4, -0.2) is 39.6 Å². The standard InChI is InChI=1S/C16H20O7/c1-4-14(17)21-10-5-6-11-22-16(18)23-15-12(19-2)8-7-9-13(15)20-3/h4,7-9H,1,5-6,10-11H2,2-3H3. The lowest BCUT2D eigenvalue weighted by Crippen LogP contribution is -2.13. The number of rotatable bonds is 9. The molecule has 1 aromatic rings. The monoisotopic (exact) mass is 324 g/mol. The van der Waals surface area contributed by atoms with Crippen LogP contribution in [0.15, 0.2) is 30.9 Å². The van der Waals surface area contributed by atoms with Gasteiger partial charge in [0.1, 0.15) is 0 Å². The Morgan fingerprint density at radius 1 is 1.04 bits per heavy atom. The first-order chi connectivity index (χ1) is 11.1. The molecule has 0 amide bonds. The Labute approximate surface area is 134 Å². The van der Waals surface area contributed by atoms with E-state index in [2.05, 4.69) is 6.58 Å². The van der Waals surface area contributed by atoms with Crippen molar-refractivity contribution in [3.05, 3.63) is 30.9 Å². The van der Waals surface area contributed by atoms with Crippen LogP contribution < -0.4 is 14.2 Å². The highest BCUT2D eigenvalue weighted by Gasteiger charge is 2.16. The molecular weight excluding hydrogens is 304 g/mol. The van der Waals surface area contributed by atoms with Gasteiger partial charge in [0.15, 0.2) is 11.5 Å². The third-order valence-electron chi connectivity index (χ3n) is 2.74. The molecule has 0 saturated carbocycles. The summed E-state index contributed by atoms with van der Waals surface area (Å²) >= 11 is 0. The summed E-state index contributed by atoms with van der Waals surface area (Å²) in [5, 5.41) is 0. The van der Waals surface area contributed by atoms with Gasteiger partial charge in [0, 0.05) is 6.08 Å². The topological polar surface area (TPSA) is 80.3 Å². The van der Waals surface area contributed by atoms with Gasteiger partial charge in [-0.2, -0.15) is 0 Å². The van der Waals surface area contributed by atoms with Gasteiger partial charge in [-0.1, -0.05) is 12.6 Å². The van der Waals surface area contributed by atoms with Crippen molar-refractivity contribution in [3.63, 3.8) is 0 Å². The van der Waals surface area contributed by atoms with Crippen LogP contribution in [0.5, 0.6) is 17.2 Å². The van der Waals surface area contributed by atoms with E-state index in [0.29, 0.717) is 24.3 Å². The van der Waals surface area contributed by atoms with Gasteiger partial charge >= 0.3 is 12.1 Å². The molecule has 0 aliphatic carbocycles. The Balaban J connectivity index is 2.37. The number of carbonyl (C=O) groups excluding carboxylic acids is 2. The number of unbranched alkanes of at least 4 members (excludes halogenated alkanes) is 1. The zero-order chi connectivity index (χ0) is 17.1. The second-order valence-corrected chi connectivity index (χ2v) is 4.27. The normalized spacial score (nSPS) is 9.65. The van der Waals surface area contributed by atoms with Crippen LogP contribution in [0.3, 0.4) is 0 Å². The average molecular weight is 324 g/mol. The molecule has 0 N–H and O–H groups in total. The zero-order valence-corrected chi connectivity index (χ0v) is 13.2. The van der Waals surface area contributed by atoms with Gasteiger partial charge in [-0.15, -0.1) is 0 Å². The number of carbonyl (C=O) groups is 2. The van der Waals surface area contributed by atoms with Gasteiger partial charge in [-0.25, -0.2) is 9.59 Å². The molecule has 1 rings (SSSR count). The number of hydrogen-bond acceptors (Lipinski definition) is 7. The first-order valence-electron chi connectivity index (χ1n) is 6.97. The summed E-state index contributed by atoms with van der Waals surface area (Å²) in [5.41, 5.74) is 0. The van der Waals surface area contributed by atoms with Gasteiger partial charge in [0.2, 0.25) is 5.75 Å². The Hall–Kier alpha value is -2.70. The van der Waals surface area contributed by atoms with E-state index in [1.807, 2.05) is 0 Å². The number of esters is 1. The molecule has 0 bridgehead atoms. The second kappa shape index (κ2) is 10.1. The maximum Gasteiger partial charge on any atom is 0.514 e. The van der Waals surface area contributed by atoms with Crippen molar-refractivity contribution in [2.45, 2.75) is 12.8 Å². The molecule has 0 unspecified atom stereocenters.